The summed E-state index contributed by atoms with van der Waals surface area (Å²) in [5.41, 5.74) is 7.53. The van der Waals surface area contributed by atoms with Gasteiger partial charge in [-0.1, -0.05) is 127 Å². The lowest BCUT2D eigenvalue weighted by Crippen LogP contribution is -2.11. The van der Waals surface area contributed by atoms with Crippen molar-refractivity contribution in [2.75, 3.05) is 4.90 Å². The maximum Gasteiger partial charge on any atom is 0.143 e. The van der Waals surface area contributed by atoms with Crippen LogP contribution in [0.3, 0.4) is 0 Å². The molecule has 0 radical (unpaired) electrons. The fourth-order valence-corrected chi connectivity index (χ4v) is 6.80. The summed E-state index contributed by atoms with van der Waals surface area (Å²) < 4.78 is 6.71. The smallest absolute Gasteiger partial charge is 0.143 e. The number of fused-ring (bicyclic) bond motifs is 7. The van der Waals surface area contributed by atoms with Gasteiger partial charge in [-0.25, -0.2) is 0 Å². The molecule has 0 unspecified atom stereocenters. The molecule has 1 heterocycles. The number of hydrogen-bond acceptors (Lipinski definition) is 2. The summed E-state index contributed by atoms with van der Waals surface area (Å²) in [6, 6.07) is 58.5. The number of furan rings is 1. The summed E-state index contributed by atoms with van der Waals surface area (Å²) in [6.07, 6.45) is 0. The fraction of sp³-hybridized carbons (Fsp3) is 0. The van der Waals surface area contributed by atoms with Gasteiger partial charge in [-0.15, -0.1) is 0 Å². The zero-order valence-corrected chi connectivity index (χ0v) is 23.9. The van der Waals surface area contributed by atoms with Crippen LogP contribution in [0.25, 0.3) is 65.4 Å². The average molecular weight is 562 g/mol. The van der Waals surface area contributed by atoms with Crippen molar-refractivity contribution < 1.29 is 4.42 Å². The lowest BCUT2D eigenvalue weighted by Gasteiger charge is -2.28. The van der Waals surface area contributed by atoms with E-state index in [1.807, 2.05) is 0 Å². The molecule has 9 aromatic rings. The first kappa shape index (κ1) is 24.7. The van der Waals surface area contributed by atoms with Crippen molar-refractivity contribution in [2.45, 2.75) is 0 Å². The number of benzene rings is 8. The second kappa shape index (κ2) is 9.86. The van der Waals surface area contributed by atoms with Crippen molar-refractivity contribution in [2.24, 2.45) is 0 Å². The predicted molar refractivity (Wildman–Crippen MR) is 186 cm³/mol. The highest BCUT2D eigenvalue weighted by molar-refractivity contribution is 6.23. The van der Waals surface area contributed by atoms with Crippen molar-refractivity contribution in [1.29, 1.82) is 0 Å². The van der Waals surface area contributed by atoms with Gasteiger partial charge in [-0.2, -0.15) is 0 Å². The highest BCUT2D eigenvalue weighted by atomic mass is 16.3. The zero-order chi connectivity index (χ0) is 29.0. The van der Waals surface area contributed by atoms with E-state index in [0.29, 0.717) is 0 Å². The van der Waals surface area contributed by atoms with E-state index in [1.54, 1.807) is 0 Å². The van der Waals surface area contributed by atoms with Gasteiger partial charge in [0.1, 0.15) is 11.2 Å². The Morgan fingerprint density at radius 3 is 1.95 bits per heavy atom. The van der Waals surface area contributed by atoms with Crippen LogP contribution < -0.4 is 4.90 Å². The number of para-hydroxylation sites is 1. The van der Waals surface area contributed by atoms with E-state index in [-0.39, 0.29) is 0 Å². The number of nitrogens with zero attached hydrogens (tertiary/aromatic N) is 1. The molecule has 0 saturated heterocycles. The minimum atomic E-state index is 0.893. The Morgan fingerprint density at radius 1 is 0.409 bits per heavy atom. The van der Waals surface area contributed by atoms with Crippen LogP contribution in [0.5, 0.6) is 0 Å². The van der Waals surface area contributed by atoms with Crippen molar-refractivity contribution in [3.63, 3.8) is 0 Å². The molecule has 0 fully saturated rings. The Kier molecular flexibility index (Phi) is 5.54. The highest BCUT2D eigenvalue weighted by Crippen LogP contribution is 2.47. The highest BCUT2D eigenvalue weighted by Gasteiger charge is 2.22. The van der Waals surface area contributed by atoms with E-state index in [2.05, 4.69) is 169 Å². The summed E-state index contributed by atoms with van der Waals surface area (Å²) in [5.74, 6) is 0. The topological polar surface area (TPSA) is 16.4 Å². The van der Waals surface area contributed by atoms with Gasteiger partial charge in [0.15, 0.2) is 0 Å². The van der Waals surface area contributed by atoms with Crippen LogP contribution in [0.1, 0.15) is 0 Å². The number of rotatable bonds is 4. The fourth-order valence-electron chi connectivity index (χ4n) is 6.80. The molecule has 206 valence electrons. The van der Waals surface area contributed by atoms with Gasteiger partial charge in [0.25, 0.3) is 0 Å². The van der Waals surface area contributed by atoms with Crippen LogP contribution in [-0.4, -0.2) is 0 Å². The van der Waals surface area contributed by atoms with Crippen molar-refractivity contribution in [3.8, 4) is 11.1 Å². The lowest BCUT2D eigenvalue weighted by molar-refractivity contribution is 0.673. The molecule has 0 aliphatic rings. The Morgan fingerprint density at radius 2 is 1.09 bits per heavy atom. The van der Waals surface area contributed by atoms with Gasteiger partial charge in [0.2, 0.25) is 0 Å². The maximum atomic E-state index is 6.71. The van der Waals surface area contributed by atoms with Crippen LogP contribution in [0.4, 0.5) is 17.1 Å². The average Bonchev–Trinajstić information content (AvgIpc) is 3.48. The summed E-state index contributed by atoms with van der Waals surface area (Å²) in [4.78, 5) is 2.40. The summed E-state index contributed by atoms with van der Waals surface area (Å²) in [5, 5.41) is 9.37. The molecule has 1 aromatic heterocycles. The molecule has 8 aromatic carbocycles. The molecule has 0 atom stereocenters. The summed E-state index contributed by atoms with van der Waals surface area (Å²) in [7, 11) is 0. The van der Waals surface area contributed by atoms with Gasteiger partial charge < -0.3 is 9.32 Å². The first-order chi connectivity index (χ1) is 21.8. The molecule has 9 rings (SSSR count). The SMILES string of the molecule is c1ccc(N(c2cccc3ccccc23)c2cc3c(oc4cccc(-c5ccc6ccccc6c5)c43)c3ccccc23)cc1. The van der Waals surface area contributed by atoms with E-state index in [1.165, 1.54) is 32.7 Å². The largest absolute Gasteiger partial charge is 0.455 e. The van der Waals surface area contributed by atoms with E-state index >= 15 is 0 Å². The predicted octanol–water partition coefficient (Wildman–Crippen LogP) is 12.2. The van der Waals surface area contributed by atoms with E-state index < -0.39 is 0 Å². The zero-order valence-electron chi connectivity index (χ0n) is 23.9. The molecule has 0 spiro atoms. The molecular weight excluding hydrogens is 534 g/mol. The van der Waals surface area contributed by atoms with Gasteiger partial charge in [0.05, 0.1) is 11.4 Å². The maximum absolute atomic E-state index is 6.71. The van der Waals surface area contributed by atoms with E-state index in [4.69, 9.17) is 4.42 Å². The molecule has 0 saturated carbocycles. The van der Waals surface area contributed by atoms with Gasteiger partial charge in [0, 0.05) is 32.6 Å². The Labute approximate surface area is 255 Å². The second-order valence-electron chi connectivity index (χ2n) is 11.3. The molecule has 0 aliphatic carbocycles. The normalized spacial score (nSPS) is 11.6. The molecule has 2 nitrogen and oxygen atoms in total. The third-order valence-electron chi connectivity index (χ3n) is 8.80. The number of anilines is 3. The Bertz CT molecular complexity index is 2500. The molecule has 2 heteroatoms. The summed E-state index contributed by atoms with van der Waals surface area (Å²) >= 11 is 0. The van der Waals surface area contributed by atoms with Crippen LogP contribution >= 0.6 is 0 Å². The van der Waals surface area contributed by atoms with Gasteiger partial charge >= 0.3 is 0 Å². The second-order valence-corrected chi connectivity index (χ2v) is 11.3. The van der Waals surface area contributed by atoms with Crippen LogP contribution in [0.2, 0.25) is 0 Å². The van der Waals surface area contributed by atoms with E-state index in [0.717, 1.165) is 49.8 Å². The summed E-state index contributed by atoms with van der Waals surface area (Å²) in [6.45, 7) is 0. The first-order valence-corrected chi connectivity index (χ1v) is 15.0. The van der Waals surface area contributed by atoms with Gasteiger partial charge in [-0.3, -0.25) is 0 Å². The quantitative estimate of drug-likeness (QED) is 0.212. The standard InChI is InChI=1S/C42H27NO/c1-2-16-32(17-3-1)43(38-22-10-15-29-13-6-7-18-33(29)38)39-27-37-41-34(31-25-24-28-12-4-5-14-30(28)26-31)21-11-23-40(41)44-42(37)36-20-9-8-19-35(36)39/h1-27H. The minimum absolute atomic E-state index is 0.893. The molecule has 0 bridgehead atoms. The first-order valence-electron chi connectivity index (χ1n) is 15.0. The minimum Gasteiger partial charge on any atom is -0.455 e. The van der Waals surface area contributed by atoms with Crippen LogP contribution in [0, 0.1) is 0 Å². The molecule has 0 N–H and O–H groups in total. The van der Waals surface area contributed by atoms with Crippen LogP contribution in [0.15, 0.2) is 168 Å². The van der Waals surface area contributed by atoms with Crippen LogP contribution in [-0.2, 0) is 0 Å². The monoisotopic (exact) mass is 561 g/mol. The Balaban J connectivity index is 1.39. The van der Waals surface area contributed by atoms with Crippen molar-refractivity contribution in [3.05, 3.63) is 164 Å². The van der Waals surface area contributed by atoms with Crippen molar-refractivity contribution >= 4 is 71.3 Å². The molecule has 0 aliphatic heterocycles. The molecule has 0 amide bonds. The van der Waals surface area contributed by atoms with Crippen molar-refractivity contribution in [1.82, 2.24) is 0 Å². The third kappa shape index (κ3) is 3.82. The number of hydrogen-bond donors (Lipinski definition) is 0. The molecular formula is C42H27NO. The molecule has 44 heavy (non-hydrogen) atoms. The lowest BCUT2D eigenvalue weighted by atomic mass is 9.95. The van der Waals surface area contributed by atoms with Gasteiger partial charge in [-0.05, 0) is 63.7 Å². The Hall–Kier alpha value is -5.86. The third-order valence-corrected chi connectivity index (χ3v) is 8.80. The van der Waals surface area contributed by atoms with E-state index in [9.17, 15) is 0 Å².